The number of hydrogen-bond acceptors (Lipinski definition) is 3. The molecule has 15 heavy (non-hydrogen) atoms. The molecule has 1 rings (SSSR count). The normalized spacial score (nSPS) is 10.5. The Bertz CT molecular complexity index is 317. The van der Waals surface area contributed by atoms with Gasteiger partial charge in [-0.25, -0.2) is 0 Å². The van der Waals surface area contributed by atoms with Crippen LogP contribution in [0, 0.1) is 0 Å². The van der Waals surface area contributed by atoms with E-state index in [9.17, 15) is 4.79 Å². The van der Waals surface area contributed by atoms with Gasteiger partial charge in [0.25, 0.3) is 0 Å². The molecule has 0 bridgehead atoms. The zero-order chi connectivity index (χ0) is 10.9. The van der Waals surface area contributed by atoms with Gasteiger partial charge >= 0.3 is 5.97 Å². The number of rotatable bonds is 5. The highest BCUT2D eigenvalue weighted by Crippen LogP contribution is 2.00. The predicted molar refractivity (Wildman–Crippen MR) is 58.1 cm³/mol. The Morgan fingerprint density at radius 3 is 2.73 bits per heavy atom. The predicted octanol–water partition coefficient (Wildman–Crippen LogP) is 2.24. The molecule has 0 heterocycles. The SMILES string of the molecule is CC(=O)OCOC/C=C/c1ccccc1. The summed E-state index contributed by atoms with van der Waals surface area (Å²) < 4.78 is 9.64. The van der Waals surface area contributed by atoms with E-state index in [1.165, 1.54) is 6.92 Å². The number of benzene rings is 1. The average Bonchev–Trinajstić information content (AvgIpc) is 2.24. The van der Waals surface area contributed by atoms with Crippen LogP contribution in [0.5, 0.6) is 0 Å². The molecular weight excluding hydrogens is 192 g/mol. The van der Waals surface area contributed by atoms with E-state index in [4.69, 9.17) is 4.74 Å². The first-order valence-corrected chi connectivity index (χ1v) is 4.72. The van der Waals surface area contributed by atoms with Crippen molar-refractivity contribution in [2.45, 2.75) is 6.92 Å². The van der Waals surface area contributed by atoms with Crippen LogP contribution < -0.4 is 0 Å². The third-order valence-corrected chi connectivity index (χ3v) is 1.67. The van der Waals surface area contributed by atoms with Gasteiger partial charge in [-0.1, -0.05) is 42.5 Å². The summed E-state index contributed by atoms with van der Waals surface area (Å²) in [7, 11) is 0. The summed E-state index contributed by atoms with van der Waals surface area (Å²) >= 11 is 0. The average molecular weight is 206 g/mol. The van der Waals surface area contributed by atoms with Crippen molar-refractivity contribution in [2.75, 3.05) is 13.4 Å². The van der Waals surface area contributed by atoms with Crippen LogP contribution in [0.15, 0.2) is 36.4 Å². The zero-order valence-corrected chi connectivity index (χ0v) is 8.68. The molecule has 3 nitrogen and oxygen atoms in total. The van der Waals surface area contributed by atoms with E-state index < -0.39 is 0 Å². The molecule has 0 fully saturated rings. The fraction of sp³-hybridized carbons (Fsp3) is 0.250. The standard InChI is InChI=1S/C12H14O3/c1-11(13)15-10-14-9-5-8-12-6-3-2-4-7-12/h2-8H,9-10H2,1H3/b8-5+. The quantitative estimate of drug-likeness (QED) is 0.421. The molecule has 0 amide bonds. The van der Waals surface area contributed by atoms with E-state index in [2.05, 4.69) is 4.74 Å². The molecule has 0 saturated carbocycles. The molecule has 0 aliphatic rings. The molecule has 0 atom stereocenters. The highest BCUT2D eigenvalue weighted by molar-refractivity contribution is 5.65. The van der Waals surface area contributed by atoms with Gasteiger partial charge in [-0.3, -0.25) is 4.79 Å². The van der Waals surface area contributed by atoms with Gasteiger partial charge < -0.3 is 9.47 Å². The molecule has 0 aliphatic carbocycles. The number of carbonyl (C=O) groups excluding carboxylic acids is 1. The molecule has 1 aromatic carbocycles. The minimum atomic E-state index is -0.331. The summed E-state index contributed by atoms with van der Waals surface area (Å²) in [5.74, 6) is -0.331. The molecular formula is C12H14O3. The van der Waals surface area contributed by atoms with Crippen molar-refractivity contribution in [3.05, 3.63) is 42.0 Å². The highest BCUT2D eigenvalue weighted by Gasteiger charge is 1.89. The lowest BCUT2D eigenvalue weighted by Crippen LogP contribution is -2.04. The first-order valence-electron chi connectivity index (χ1n) is 4.72. The van der Waals surface area contributed by atoms with Crippen molar-refractivity contribution in [3.63, 3.8) is 0 Å². The van der Waals surface area contributed by atoms with Crippen molar-refractivity contribution in [3.8, 4) is 0 Å². The summed E-state index contributed by atoms with van der Waals surface area (Å²) in [6.45, 7) is 1.79. The van der Waals surface area contributed by atoms with Crippen LogP contribution in [0.3, 0.4) is 0 Å². The Morgan fingerprint density at radius 1 is 1.33 bits per heavy atom. The molecule has 0 aromatic heterocycles. The molecule has 0 spiro atoms. The smallest absolute Gasteiger partial charge is 0.304 e. The lowest BCUT2D eigenvalue weighted by atomic mass is 10.2. The second kappa shape index (κ2) is 6.79. The minimum absolute atomic E-state index is 0.00840. The van der Waals surface area contributed by atoms with E-state index in [1.54, 1.807) is 0 Å². The molecule has 0 aliphatic heterocycles. The Morgan fingerprint density at radius 2 is 2.07 bits per heavy atom. The first kappa shape index (κ1) is 11.5. The Labute approximate surface area is 89.3 Å². The number of ether oxygens (including phenoxy) is 2. The molecule has 0 unspecified atom stereocenters. The maximum absolute atomic E-state index is 10.4. The Kier molecular flexibility index (Phi) is 5.19. The molecule has 0 N–H and O–H groups in total. The van der Waals surface area contributed by atoms with Gasteiger partial charge in [0.05, 0.1) is 6.61 Å². The number of carbonyl (C=O) groups is 1. The van der Waals surface area contributed by atoms with E-state index >= 15 is 0 Å². The van der Waals surface area contributed by atoms with Crippen LogP contribution in [0.1, 0.15) is 12.5 Å². The third kappa shape index (κ3) is 5.65. The maximum Gasteiger partial charge on any atom is 0.304 e. The molecule has 1 aromatic rings. The van der Waals surface area contributed by atoms with Crippen molar-refractivity contribution in [2.24, 2.45) is 0 Å². The molecule has 0 radical (unpaired) electrons. The van der Waals surface area contributed by atoms with E-state index in [0.717, 1.165) is 5.56 Å². The van der Waals surface area contributed by atoms with Gasteiger partial charge in [0.15, 0.2) is 6.79 Å². The zero-order valence-electron chi connectivity index (χ0n) is 8.68. The maximum atomic E-state index is 10.4. The highest BCUT2D eigenvalue weighted by atomic mass is 16.7. The van der Waals surface area contributed by atoms with Crippen LogP contribution in [0.2, 0.25) is 0 Å². The second-order valence-corrected chi connectivity index (χ2v) is 2.94. The minimum Gasteiger partial charge on any atom is -0.439 e. The van der Waals surface area contributed by atoms with Crippen molar-refractivity contribution in [1.82, 2.24) is 0 Å². The topological polar surface area (TPSA) is 35.5 Å². The van der Waals surface area contributed by atoms with Crippen molar-refractivity contribution < 1.29 is 14.3 Å². The van der Waals surface area contributed by atoms with Crippen LogP contribution in [-0.4, -0.2) is 19.4 Å². The first-order chi connectivity index (χ1) is 7.29. The van der Waals surface area contributed by atoms with Gasteiger partial charge in [-0.05, 0) is 5.56 Å². The number of hydrogen-bond donors (Lipinski definition) is 0. The summed E-state index contributed by atoms with van der Waals surface area (Å²) in [5.41, 5.74) is 1.12. The fourth-order valence-electron chi connectivity index (χ4n) is 0.989. The van der Waals surface area contributed by atoms with Crippen LogP contribution in [-0.2, 0) is 14.3 Å². The monoisotopic (exact) mass is 206 g/mol. The van der Waals surface area contributed by atoms with E-state index in [0.29, 0.717) is 6.61 Å². The van der Waals surface area contributed by atoms with Crippen LogP contribution >= 0.6 is 0 Å². The molecule has 80 valence electrons. The van der Waals surface area contributed by atoms with Crippen molar-refractivity contribution in [1.29, 1.82) is 0 Å². The molecule has 3 heteroatoms. The van der Waals surface area contributed by atoms with Gasteiger partial charge in [-0.15, -0.1) is 0 Å². The molecule has 0 saturated heterocycles. The van der Waals surface area contributed by atoms with Crippen LogP contribution in [0.25, 0.3) is 6.08 Å². The lowest BCUT2D eigenvalue weighted by Gasteiger charge is -2.00. The summed E-state index contributed by atoms with van der Waals surface area (Å²) in [4.78, 5) is 10.4. The third-order valence-electron chi connectivity index (χ3n) is 1.67. The lowest BCUT2D eigenvalue weighted by molar-refractivity contribution is -0.152. The Balaban J connectivity index is 2.15. The summed E-state index contributed by atoms with van der Waals surface area (Å²) in [5, 5.41) is 0. The Hall–Kier alpha value is -1.61. The fourth-order valence-corrected chi connectivity index (χ4v) is 0.989. The largest absolute Gasteiger partial charge is 0.439 e. The van der Waals surface area contributed by atoms with E-state index in [-0.39, 0.29) is 12.8 Å². The van der Waals surface area contributed by atoms with Crippen LogP contribution in [0.4, 0.5) is 0 Å². The van der Waals surface area contributed by atoms with E-state index in [1.807, 2.05) is 42.5 Å². The van der Waals surface area contributed by atoms with Gasteiger partial charge in [-0.2, -0.15) is 0 Å². The summed E-state index contributed by atoms with van der Waals surface area (Å²) in [6, 6.07) is 9.92. The van der Waals surface area contributed by atoms with Gasteiger partial charge in [0.2, 0.25) is 0 Å². The second-order valence-electron chi connectivity index (χ2n) is 2.94. The van der Waals surface area contributed by atoms with Gasteiger partial charge in [0.1, 0.15) is 0 Å². The van der Waals surface area contributed by atoms with Crippen molar-refractivity contribution >= 4 is 12.0 Å². The number of esters is 1. The van der Waals surface area contributed by atoms with Gasteiger partial charge in [0, 0.05) is 6.92 Å². The summed E-state index contributed by atoms with van der Waals surface area (Å²) in [6.07, 6.45) is 3.83.